The van der Waals surface area contributed by atoms with Crippen LogP contribution in [0.4, 0.5) is 0 Å². The van der Waals surface area contributed by atoms with Gasteiger partial charge in [0.1, 0.15) is 0 Å². The van der Waals surface area contributed by atoms with Gasteiger partial charge in [0.05, 0.1) is 0 Å². The van der Waals surface area contributed by atoms with Crippen LogP contribution in [-0.2, 0) is 6.42 Å². The zero-order valence-corrected chi connectivity index (χ0v) is 12.8. The highest BCUT2D eigenvalue weighted by Crippen LogP contribution is 2.36. The Morgan fingerprint density at radius 3 is 2.84 bits per heavy atom. The SMILES string of the molecule is CCCC(C)CC(NC)C1CCCc2ccccc21. The van der Waals surface area contributed by atoms with Gasteiger partial charge in [0.15, 0.2) is 0 Å². The van der Waals surface area contributed by atoms with Gasteiger partial charge in [-0.05, 0) is 55.7 Å². The number of nitrogens with one attached hydrogen (secondary N) is 1. The molecule has 19 heavy (non-hydrogen) atoms. The molecular formula is C18H29N. The molecule has 0 bridgehead atoms. The fraction of sp³-hybridized carbons (Fsp3) is 0.667. The minimum absolute atomic E-state index is 0.642. The minimum Gasteiger partial charge on any atom is -0.316 e. The van der Waals surface area contributed by atoms with Crippen molar-refractivity contribution in [1.29, 1.82) is 0 Å². The summed E-state index contributed by atoms with van der Waals surface area (Å²) in [5.74, 6) is 1.55. The molecule has 1 aromatic rings. The second-order valence-electron chi connectivity index (χ2n) is 6.22. The fourth-order valence-corrected chi connectivity index (χ4v) is 3.74. The lowest BCUT2D eigenvalue weighted by Crippen LogP contribution is -2.35. The van der Waals surface area contributed by atoms with E-state index in [0.717, 1.165) is 5.92 Å². The molecule has 3 unspecified atom stereocenters. The van der Waals surface area contributed by atoms with Crippen LogP contribution in [0.3, 0.4) is 0 Å². The van der Waals surface area contributed by atoms with E-state index in [1.165, 1.54) is 38.5 Å². The highest BCUT2D eigenvalue weighted by molar-refractivity contribution is 5.33. The second kappa shape index (κ2) is 7.09. The van der Waals surface area contributed by atoms with Crippen LogP contribution in [0.15, 0.2) is 24.3 Å². The van der Waals surface area contributed by atoms with E-state index in [9.17, 15) is 0 Å². The molecule has 0 heterocycles. The molecule has 106 valence electrons. The van der Waals surface area contributed by atoms with Gasteiger partial charge in [-0.1, -0.05) is 51.0 Å². The smallest absolute Gasteiger partial charge is 0.0135 e. The number of fused-ring (bicyclic) bond motifs is 1. The second-order valence-corrected chi connectivity index (χ2v) is 6.22. The van der Waals surface area contributed by atoms with E-state index < -0.39 is 0 Å². The number of hydrogen-bond acceptors (Lipinski definition) is 1. The summed E-state index contributed by atoms with van der Waals surface area (Å²) in [5, 5.41) is 3.60. The number of rotatable bonds is 6. The van der Waals surface area contributed by atoms with Crippen molar-refractivity contribution < 1.29 is 0 Å². The van der Waals surface area contributed by atoms with Crippen LogP contribution in [0.25, 0.3) is 0 Å². The van der Waals surface area contributed by atoms with Crippen LogP contribution in [0.2, 0.25) is 0 Å². The van der Waals surface area contributed by atoms with Crippen molar-refractivity contribution in [3.05, 3.63) is 35.4 Å². The molecule has 1 aromatic carbocycles. The number of hydrogen-bond donors (Lipinski definition) is 1. The third kappa shape index (κ3) is 3.60. The molecule has 2 rings (SSSR count). The largest absolute Gasteiger partial charge is 0.316 e. The highest BCUT2D eigenvalue weighted by atomic mass is 14.9. The first-order valence-electron chi connectivity index (χ1n) is 8.01. The Bertz CT molecular complexity index is 385. The Balaban J connectivity index is 2.11. The zero-order chi connectivity index (χ0) is 13.7. The van der Waals surface area contributed by atoms with E-state index in [0.29, 0.717) is 12.0 Å². The van der Waals surface area contributed by atoms with Crippen molar-refractivity contribution in [2.45, 2.75) is 64.3 Å². The summed E-state index contributed by atoms with van der Waals surface area (Å²) in [7, 11) is 2.14. The maximum Gasteiger partial charge on any atom is 0.0135 e. The molecule has 0 amide bonds. The monoisotopic (exact) mass is 259 g/mol. The van der Waals surface area contributed by atoms with Crippen LogP contribution < -0.4 is 5.32 Å². The van der Waals surface area contributed by atoms with E-state index in [2.05, 4.69) is 50.5 Å². The van der Waals surface area contributed by atoms with Gasteiger partial charge in [-0.3, -0.25) is 0 Å². The molecule has 0 spiro atoms. The first-order chi connectivity index (χ1) is 9.26. The molecule has 0 radical (unpaired) electrons. The van der Waals surface area contributed by atoms with Gasteiger partial charge in [0.2, 0.25) is 0 Å². The van der Waals surface area contributed by atoms with Crippen LogP contribution in [0, 0.1) is 5.92 Å². The standard InChI is InChI=1S/C18H29N/c1-4-8-14(2)13-18(19-3)17-12-7-10-15-9-5-6-11-16(15)17/h5-6,9,11,14,17-19H,4,7-8,10,12-13H2,1-3H3. The Labute approximate surface area is 118 Å². The normalized spacial score (nSPS) is 21.7. The molecule has 0 aliphatic heterocycles. The topological polar surface area (TPSA) is 12.0 Å². The Kier molecular flexibility index (Phi) is 5.45. The van der Waals surface area contributed by atoms with Gasteiger partial charge in [-0.2, -0.15) is 0 Å². The molecule has 1 aliphatic rings. The molecule has 0 saturated carbocycles. The molecule has 1 N–H and O–H groups in total. The van der Waals surface area contributed by atoms with Crippen molar-refractivity contribution in [3.8, 4) is 0 Å². The first kappa shape index (κ1) is 14.6. The Morgan fingerprint density at radius 1 is 1.32 bits per heavy atom. The third-order valence-electron chi connectivity index (χ3n) is 4.71. The molecule has 3 atom stereocenters. The van der Waals surface area contributed by atoms with Gasteiger partial charge in [-0.25, -0.2) is 0 Å². The average Bonchev–Trinajstić information content (AvgIpc) is 2.44. The summed E-state index contributed by atoms with van der Waals surface area (Å²) in [6.07, 6.45) is 7.94. The predicted molar refractivity (Wildman–Crippen MR) is 83.7 cm³/mol. The first-order valence-corrected chi connectivity index (χ1v) is 8.01. The van der Waals surface area contributed by atoms with Crippen molar-refractivity contribution in [1.82, 2.24) is 5.32 Å². The van der Waals surface area contributed by atoms with Crippen LogP contribution in [0.5, 0.6) is 0 Å². The molecule has 0 fully saturated rings. The summed E-state index contributed by atoms with van der Waals surface area (Å²) in [4.78, 5) is 0. The van der Waals surface area contributed by atoms with E-state index in [4.69, 9.17) is 0 Å². The lowest BCUT2D eigenvalue weighted by Gasteiger charge is -2.33. The third-order valence-corrected chi connectivity index (χ3v) is 4.71. The molecule has 1 nitrogen and oxygen atoms in total. The Morgan fingerprint density at radius 2 is 2.11 bits per heavy atom. The molecule has 0 saturated heterocycles. The Hall–Kier alpha value is -0.820. The van der Waals surface area contributed by atoms with Crippen molar-refractivity contribution >= 4 is 0 Å². The summed E-state index contributed by atoms with van der Waals surface area (Å²) >= 11 is 0. The summed E-state index contributed by atoms with van der Waals surface area (Å²) in [5.41, 5.74) is 3.19. The zero-order valence-electron chi connectivity index (χ0n) is 12.8. The lowest BCUT2D eigenvalue weighted by molar-refractivity contribution is 0.334. The quantitative estimate of drug-likeness (QED) is 0.792. The van der Waals surface area contributed by atoms with E-state index in [1.807, 2.05) is 0 Å². The van der Waals surface area contributed by atoms with E-state index in [1.54, 1.807) is 11.1 Å². The maximum atomic E-state index is 3.60. The number of aryl methyl sites for hydroxylation is 1. The van der Waals surface area contributed by atoms with Crippen molar-refractivity contribution in [2.24, 2.45) is 5.92 Å². The van der Waals surface area contributed by atoms with Crippen LogP contribution in [0.1, 0.15) is 63.0 Å². The van der Waals surface area contributed by atoms with Crippen molar-refractivity contribution in [2.75, 3.05) is 7.05 Å². The predicted octanol–water partition coefficient (Wildman–Crippen LogP) is 4.52. The summed E-state index contributed by atoms with van der Waals surface area (Å²) < 4.78 is 0. The molecule has 1 heteroatoms. The van der Waals surface area contributed by atoms with Crippen LogP contribution >= 0.6 is 0 Å². The van der Waals surface area contributed by atoms with Gasteiger partial charge in [-0.15, -0.1) is 0 Å². The number of benzene rings is 1. The molecule has 0 aromatic heterocycles. The van der Waals surface area contributed by atoms with Gasteiger partial charge < -0.3 is 5.32 Å². The van der Waals surface area contributed by atoms with Crippen LogP contribution in [-0.4, -0.2) is 13.1 Å². The fourth-order valence-electron chi connectivity index (χ4n) is 3.74. The van der Waals surface area contributed by atoms with Crippen molar-refractivity contribution in [3.63, 3.8) is 0 Å². The van der Waals surface area contributed by atoms with E-state index >= 15 is 0 Å². The van der Waals surface area contributed by atoms with E-state index in [-0.39, 0.29) is 0 Å². The van der Waals surface area contributed by atoms with Gasteiger partial charge >= 0.3 is 0 Å². The summed E-state index contributed by atoms with van der Waals surface area (Å²) in [6, 6.07) is 9.72. The number of likely N-dealkylation sites (N-methyl/N-ethyl adjacent to an activating group) is 1. The molecular weight excluding hydrogens is 230 g/mol. The average molecular weight is 259 g/mol. The minimum atomic E-state index is 0.642. The highest BCUT2D eigenvalue weighted by Gasteiger charge is 2.27. The lowest BCUT2D eigenvalue weighted by atomic mass is 9.76. The molecule has 1 aliphatic carbocycles. The van der Waals surface area contributed by atoms with Gasteiger partial charge in [0.25, 0.3) is 0 Å². The van der Waals surface area contributed by atoms with Gasteiger partial charge in [0, 0.05) is 6.04 Å². The summed E-state index contributed by atoms with van der Waals surface area (Å²) in [6.45, 7) is 4.70. The maximum absolute atomic E-state index is 3.60.